The molecule has 0 saturated carbocycles. The molecule has 0 aliphatic rings. The van der Waals surface area contributed by atoms with E-state index in [0.717, 1.165) is 5.69 Å². The third kappa shape index (κ3) is 5.44. The second-order valence-electron chi connectivity index (χ2n) is 3.90. The van der Waals surface area contributed by atoms with Gasteiger partial charge in [0.2, 0.25) is 0 Å². The van der Waals surface area contributed by atoms with E-state index in [4.69, 9.17) is 14.2 Å². The number of hydrogen-bond donors (Lipinski definition) is 1. The maximum absolute atomic E-state index is 13.0. The first-order valence-corrected chi connectivity index (χ1v) is 6.51. The normalized spacial score (nSPS) is 10.8. The Balaban J connectivity index is 2.47. The number of rotatable bonds is 9. The topological polar surface area (TPSA) is 39.7 Å². The molecule has 0 aliphatic heterocycles. The monoisotopic (exact) mass is 271 g/mol. The number of halogens is 1. The van der Waals surface area contributed by atoms with Gasteiger partial charge < -0.3 is 19.5 Å². The van der Waals surface area contributed by atoms with E-state index in [9.17, 15) is 4.39 Å². The van der Waals surface area contributed by atoms with Crippen molar-refractivity contribution in [2.24, 2.45) is 0 Å². The first-order valence-electron chi connectivity index (χ1n) is 6.51. The average molecular weight is 271 g/mol. The third-order valence-electron chi connectivity index (χ3n) is 2.56. The predicted molar refractivity (Wildman–Crippen MR) is 73.1 cm³/mol. The molecule has 1 N–H and O–H groups in total. The van der Waals surface area contributed by atoms with Crippen molar-refractivity contribution in [3.05, 3.63) is 24.0 Å². The Morgan fingerprint density at radius 1 is 1.21 bits per heavy atom. The molecular formula is C14H22FNO3. The van der Waals surface area contributed by atoms with E-state index in [1.54, 1.807) is 6.07 Å². The molecule has 5 heteroatoms. The lowest BCUT2D eigenvalue weighted by Gasteiger charge is -2.18. The van der Waals surface area contributed by atoms with Crippen molar-refractivity contribution >= 4 is 5.69 Å². The molecule has 108 valence electrons. The number of anilines is 1. The van der Waals surface area contributed by atoms with Gasteiger partial charge in [-0.2, -0.15) is 0 Å². The smallest absolute Gasteiger partial charge is 0.159 e. The van der Waals surface area contributed by atoms with E-state index in [-0.39, 0.29) is 12.1 Å². The van der Waals surface area contributed by atoms with Gasteiger partial charge in [-0.3, -0.25) is 0 Å². The van der Waals surface area contributed by atoms with Crippen molar-refractivity contribution in [3.8, 4) is 5.75 Å². The summed E-state index contributed by atoms with van der Waals surface area (Å²) in [7, 11) is 1.52. The maximum atomic E-state index is 13.0. The van der Waals surface area contributed by atoms with Crippen LogP contribution in [0.25, 0.3) is 0 Å². The fraction of sp³-hybridized carbons (Fsp3) is 0.571. The van der Waals surface area contributed by atoms with Gasteiger partial charge in [-0.05, 0) is 26.0 Å². The lowest BCUT2D eigenvalue weighted by molar-refractivity contribution is -0.137. The summed E-state index contributed by atoms with van der Waals surface area (Å²) in [5.41, 5.74) is 0.760. The summed E-state index contributed by atoms with van der Waals surface area (Å²) in [6, 6.07) is 4.41. The minimum absolute atomic E-state index is 0.214. The van der Waals surface area contributed by atoms with Crippen LogP contribution >= 0.6 is 0 Å². The number of ether oxygens (including phenoxy) is 3. The van der Waals surface area contributed by atoms with Crippen LogP contribution in [0.3, 0.4) is 0 Å². The first-order chi connectivity index (χ1) is 9.21. The van der Waals surface area contributed by atoms with Gasteiger partial charge in [-0.1, -0.05) is 0 Å². The van der Waals surface area contributed by atoms with E-state index in [1.807, 2.05) is 13.8 Å². The summed E-state index contributed by atoms with van der Waals surface area (Å²) >= 11 is 0. The molecule has 0 bridgehead atoms. The highest BCUT2D eigenvalue weighted by molar-refractivity contribution is 5.56. The molecule has 0 atom stereocenters. The van der Waals surface area contributed by atoms with E-state index >= 15 is 0 Å². The molecule has 1 rings (SSSR count). The number of benzene rings is 1. The first kappa shape index (κ1) is 15.7. The highest BCUT2D eigenvalue weighted by Crippen LogP contribution is 2.24. The Morgan fingerprint density at radius 2 is 1.89 bits per heavy atom. The maximum Gasteiger partial charge on any atom is 0.159 e. The zero-order valence-corrected chi connectivity index (χ0v) is 11.7. The van der Waals surface area contributed by atoms with Crippen molar-refractivity contribution in [3.63, 3.8) is 0 Å². The number of methoxy groups -OCH3 is 1. The van der Waals surface area contributed by atoms with E-state index < -0.39 is 0 Å². The minimum Gasteiger partial charge on any atom is -0.494 e. The Bertz CT molecular complexity index is 368. The summed E-state index contributed by atoms with van der Waals surface area (Å²) in [5.74, 6) is 0.174. The molecule has 1 aromatic carbocycles. The molecule has 0 radical (unpaired) electrons. The van der Waals surface area contributed by atoms with E-state index in [1.165, 1.54) is 19.2 Å². The van der Waals surface area contributed by atoms with Crippen LogP contribution < -0.4 is 10.1 Å². The van der Waals surface area contributed by atoms with Gasteiger partial charge >= 0.3 is 0 Å². The van der Waals surface area contributed by atoms with Crippen LogP contribution in [-0.4, -0.2) is 33.2 Å². The molecule has 0 fully saturated rings. The fourth-order valence-corrected chi connectivity index (χ4v) is 1.72. The lowest BCUT2D eigenvalue weighted by atomic mass is 10.2. The molecule has 0 aliphatic carbocycles. The SMILES string of the molecule is CCOC(CCNc1ccc(F)cc1OC)OCC. The van der Waals surface area contributed by atoms with Crippen molar-refractivity contribution in [2.75, 3.05) is 32.2 Å². The standard InChI is InChI=1S/C14H22FNO3/c1-4-18-14(19-5-2)8-9-16-12-7-6-11(15)10-13(12)17-3/h6-7,10,14,16H,4-5,8-9H2,1-3H3. The Morgan fingerprint density at radius 3 is 2.47 bits per heavy atom. The van der Waals surface area contributed by atoms with Crippen molar-refractivity contribution in [1.82, 2.24) is 0 Å². The quantitative estimate of drug-likeness (QED) is 0.701. The molecule has 0 heterocycles. The van der Waals surface area contributed by atoms with Gasteiger partial charge in [0.1, 0.15) is 11.6 Å². The minimum atomic E-state index is -0.316. The summed E-state index contributed by atoms with van der Waals surface area (Å²) in [6.07, 6.45) is 0.497. The van der Waals surface area contributed by atoms with Crippen molar-refractivity contribution < 1.29 is 18.6 Å². The molecular weight excluding hydrogens is 249 g/mol. The predicted octanol–water partition coefficient (Wildman–Crippen LogP) is 3.04. The second-order valence-corrected chi connectivity index (χ2v) is 3.90. The zero-order valence-electron chi connectivity index (χ0n) is 11.7. The zero-order chi connectivity index (χ0) is 14.1. The van der Waals surface area contributed by atoms with Crippen LogP contribution in [0.4, 0.5) is 10.1 Å². The molecule has 4 nitrogen and oxygen atoms in total. The molecule has 0 saturated heterocycles. The van der Waals surface area contributed by atoms with E-state index in [0.29, 0.717) is 31.9 Å². The Kier molecular flexibility index (Phi) is 7.22. The summed E-state index contributed by atoms with van der Waals surface area (Å²) in [6.45, 7) is 5.76. The summed E-state index contributed by atoms with van der Waals surface area (Å²) < 4.78 is 29.0. The number of nitrogens with one attached hydrogen (secondary N) is 1. The fourth-order valence-electron chi connectivity index (χ4n) is 1.72. The lowest BCUT2D eigenvalue weighted by Crippen LogP contribution is -2.21. The van der Waals surface area contributed by atoms with E-state index in [2.05, 4.69) is 5.32 Å². The van der Waals surface area contributed by atoms with Crippen LogP contribution in [0.5, 0.6) is 5.75 Å². The largest absolute Gasteiger partial charge is 0.494 e. The Labute approximate surface area is 113 Å². The summed E-state index contributed by atoms with van der Waals surface area (Å²) in [5, 5.41) is 3.19. The number of hydrogen-bond acceptors (Lipinski definition) is 4. The Hall–Kier alpha value is -1.33. The molecule has 0 amide bonds. The summed E-state index contributed by atoms with van der Waals surface area (Å²) in [4.78, 5) is 0. The second kappa shape index (κ2) is 8.72. The van der Waals surface area contributed by atoms with Gasteiger partial charge in [-0.15, -0.1) is 0 Å². The van der Waals surface area contributed by atoms with Crippen LogP contribution in [0.1, 0.15) is 20.3 Å². The van der Waals surface area contributed by atoms with Gasteiger partial charge in [0.05, 0.1) is 12.8 Å². The van der Waals surface area contributed by atoms with Gasteiger partial charge in [0.25, 0.3) is 0 Å². The van der Waals surface area contributed by atoms with Gasteiger partial charge in [-0.25, -0.2) is 4.39 Å². The molecule has 0 aromatic heterocycles. The molecule has 0 unspecified atom stereocenters. The van der Waals surface area contributed by atoms with Crippen LogP contribution in [0.2, 0.25) is 0 Å². The van der Waals surface area contributed by atoms with Crippen LogP contribution in [0.15, 0.2) is 18.2 Å². The molecule has 0 spiro atoms. The van der Waals surface area contributed by atoms with Crippen LogP contribution in [0, 0.1) is 5.82 Å². The van der Waals surface area contributed by atoms with Crippen LogP contribution in [-0.2, 0) is 9.47 Å². The highest BCUT2D eigenvalue weighted by atomic mass is 19.1. The average Bonchev–Trinajstić information content (AvgIpc) is 2.40. The highest BCUT2D eigenvalue weighted by Gasteiger charge is 2.09. The van der Waals surface area contributed by atoms with Crippen molar-refractivity contribution in [2.45, 2.75) is 26.6 Å². The molecule has 19 heavy (non-hydrogen) atoms. The van der Waals surface area contributed by atoms with Crippen molar-refractivity contribution in [1.29, 1.82) is 0 Å². The van der Waals surface area contributed by atoms with Gasteiger partial charge in [0, 0.05) is 32.2 Å². The third-order valence-corrected chi connectivity index (χ3v) is 2.56. The van der Waals surface area contributed by atoms with Gasteiger partial charge in [0.15, 0.2) is 6.29 Å². The molecule has 1 aromatic rings.